The lowest BCUT2D eigenvalue weighted by atomic mass is 9.82. The van der Waals surface area contributed by atoms with E-state index in [1.807, 2.05) is 41.5 Å². The van der Waals surface area contributed by atoms with Crippen molar-refractivity contribution in [2.45, 2.75) is 86.1 Å². The van der Waals surface area contributed by atoms with Crippen molar-refractivity contribution in [2.75, 3.05) is 19.8 Å². The van der Waals surface area contributed by atoms with Gasteiger partial charge >= 0.3 is 24.2 Å². The maximum absolute atomic E-state index is 12.5. The first-order valence-corrected chi connectivity index (χ1v) is 14.3. The number of benzene rings is 1. The minimum Gasteiger partial charge on any atom is -0.480 e. The molecule has 3 N–H and O–H groups in total. The number of ether oxygens (including phenoxy) is 5. The number of carboxylic acid groups (broad SMARTS) is 1. The van der Waals surface area contributed by atoms with Gasteiger partial charge in [0.25, 0.3) is 0 Å². The first kappa shape index (κ1) is 35.7. The van der Waals surface area contributed by atoms with Crippen molar-refractivity contribution >= 4 is 24.2 Å². The maximum Gasteiger partial charge on any atom is 0.513 e. The molecule has 1 aromatic rings. The quantitative estimate of drug-likeness (QED) is 0.128. The Kier molecular flexibility index (Phi) is 15.8. The van der Waals surface area contributed by atoms with Crippen LogP contribution >= 0.6 is 0 Å². The fourth-order valence-electron chi connectivity index (χ4n) is 3.64. The molecule has 0 amide bonds. The van der Waals surface area contributed by atoms with Gasteiger partial charge in [0.05, 0.1) is 19.8 Å². The molecule has 1 aromatic carbocycles. The number of esters is 1. The molecular weight excluding hydrogens is 534 g/mol. The number of carbonyl (C=O) groups excluding carboxylic acids is 3. The summed E-state index contributed by atoms with van der Waals surface area (Å²) in [6.45, 7) is 13.6. The number of hydrogen-bond acceptors (Lipinski definition) is 10. The van der Waals surface area contributed by atoms with E-state index >= 15 is 0 Å². The van der Waals surface area contributed by atoms with Crippen LogP contribution in [0.1, 0.15) is 85.6 Å². The second-order valence-electron chi connectivity index (χ2n) is 11.0. The van der Waals surface area contributed by atoms with Crippen molar-refractivity contribution in [2.24, 2.45) is 29.4 Å². The summed E-state index contributed by atoms with van der Waals surface area (Å²) in [6.07, 6.45) is 0.488. The van der Waals surface area contributed by atoms with Crippen molar-refractivity contribution in [1.29, 1.82) is 0 Å². The van der Waals surface area contributed by atoms with E-state index in [1.54, 1.807) is 6.92 Å². The molecule has 0 saturated carbocycles. The topological polar surface area (TPSA) is 161 Å². The van der Waals surface area contributed by atoms with Gasteiger partial charge in [-0.15, -0.1) is 0 Å². The Hall–Kier alpha value is -3.34. The van der Waals surface area contributed by atoms with Gasteiger partial charge in [-0.05, 0) is 47.8 Å². The monoisotopic (exact) mass is 581 g/mol. The summed E-state index contributed by atoms with van der Waals surface area (Å²) in [5.41, 5.74) is 6.44. The van der Waals surface area contributed by atoms with Crippen molar-refractivity contribution in [3.05, 3.63) is 23.8 Å². The SMILES string of the molecule is CCC(C)COC(=O)Oc1ccc(C(C(C)COC(=O)CCC(C)C)[C@H](N)C(=O)O)cc1OC(=O)OCC(C)CC. The molecule has 0 heterocycles. The van der Waals surface area contributed by atoms with Crippen molar-refractivity contribution < 1.29 is 48.0 Å². The number of hydrogen-bond donors (Lipinski definition) is 2. The lowest BCUT2D eigenvalue weighted by Crippen LogP contribution is -2.40. The van der Waals surface area contributed by atoms with Crippen LogP contribution in [-0.4, -0.2) is 55.2 Å². The molecule has 1 rings (SSSR count). The number of rotatable bonds is 17. The predicted octanol–water partition coefficient (Wildman–Crippen LogP) is 5.92. The molecule has 11 nitrogen and oxygen atoms in total. The third-order valence-electron chi connectivity index (χ3n) is 6.82. The van der Waals surface area contributed by atoms with E-state index in [2.05, 4.69) is 0 Å². The van der Waals surface area contributed by atoms with E-state index in [0.29, 0.717) is 17.9 Å². The average Bonchev–Trinajstić information content (AvgIpc) is 2.93. The number of aliphatic carboxylic acids is 1. The van der Waals surface area contributed by atoms with Crippen LogP contribution in [0.3, 0.4) is 0 Å². The van der Waals surface area contributed by atoms with Crippen LogP contribution in [0.15, 0.2) is 18.2 Å². The molecule has 0 aromatic heterocycles. The molecule has 0 aliphatic carbocycles. The van der Waals surface area contributed by atoms with Gasteiger partial charge in [-0.1, -0.05) is 67.4 Å². The molecular formula is C30H47NO10. The van der Waals surface area contributed by atoms with Gasteiger partial charge < -0.3 is 34.5 Å². The van der Waals surface area contributed by atoms with Crippen LogP contribution in [0.4, 0.5) is 9.59 Å². The molecule has 0 aliphatic rings. The minimum absolute atomic E-state index is 0.0735. The Morgan fingerprint density at radius 3 is 1.83 bits per heavy atom. The Labute approximate surface area is 243 Å². The van der Waals surface area contributed by atoms with Gasteiger partial charge in [0.2, 0.25) is 0 Å². The van der Waals surface area contributed by atoms with Crippen LogP contribution in [0.5, 0.6) is 11.5 Å². The summed E-state index contributed by atoms with van der Waals surface area (Å²) in [6, 6.07) is 2.86. The third-order valence-corrected chi connectivity index (χ3v) is 6.82. The van der Waals surface area contributed by atoms with Gasteiger partial charge in [0.15, 0.2) is 11.5 Å². The first-order chi connectivity index (χ1) is 19.3. The molecule has 232 valence electrons. The summed E-state index contributed by atoms with van der Waals surface area (Å²) < 4.78 is 26.4. The smallest absolute Gasteiger partial charge is 0.480 e. The third kappa shape index (κ3) is 13.2. The Balaban J connectivity index is 3.28. The molecule has 0 saturated heterocycles. The Morgan fingerprint density at radius 1 is 0.805 bits per heavy atom. The minimum atomic E-state index is -1.38. The van der Waals surface area contributed by atoms with Crippen LogP contribution in [0.25, 0.3) is 0 Å². The molecule has 11 heteroatoms. The fourth-order valence-corrected chi connectivity index (χ4v) is 3.64. The molecule has 0 bridgehead atoms. The van der Waals surface area contributed by atoms with E-state index in [0.717, 1.165) is 12.8 Å². The zero-order valence-corrected chi connectivity index (χ0v) is 25.3. The summed E-state index contributed by atoms with van der Waals surface area (Å²) in [4.78, 5) is 48.9. The highest BCUT2D eigenvalue weighted by atomic mass is 16.7. The summed E-state index contributed by atoms with van der Waals surface area (Å²) >= 11 is 0. The van der Waals surface area contributed by atoms with Gasteiger partial charge in [-0.3, -0.25) is 9.59 Å². The molecule has 4 unspecified atom stereocenters. The number of carbonyl (C=O) groups is 4. The second-order valence-corrected chi connectivity index (χ2v) is 11.0. The molecule has 5 atom stereocenters. The average molecular weight is 582 g/mol. The van der Waals surface area contributed by atoms with E-state index in [4.69, 9.17) is 29.4 Å². The molecule has 0 fully saturated rings. The molecule has 0 aliphatic heterocycles. The Morgan fingerprint density at radius 2 is 1.34 bits per heavy atom. The summed E-state index contributed by atoms with van der Waals surface area (Å²) in [7, 11) is 0. The van der Waals surface area contributed by atoms with Crippen LogP contribution in [0.2, 0.25) is 0 Å². The van der Waals surface area contributed by atoms with E-state index in [-0.39, 0.29) is 55.5 Å². The van der Waals surface area contributed by atoms with Crippen molar-refractivity contribution in [3.8, 4) is 11.5 Å². The van der Waals surface area contributed by atoms with E-state index in [9.17, 15) is 24.3 Å². The molecule has 0 radical (unpaired) electrons. The lowest BCUT2D eigenvalue weighted by molar-refractivity contribution is -0.145. The molecule has 41 heavy (non-hydrogen) atoms. The highest BCUT2D eigenvalue weighted by Gasteiger charge is 2.33. The highest BCUT2D eigenvalue weighted by molar-refractivity contribution is 5.75. The van der Waals surface area contributed by atoms with Gasteiger partial charge in [0, 0.05) is 12.3 Å². The predicted molar refractivity (Wildman–Crippen MR) is 152 cm³/mol. The van der Waals surface area contributed by atoms with Crippen LogP contribution in [0, 0.1) is 23.7 Å². The first-order valence-electron chi connectivity index (χ1n) is 14.3. The maximum atomic E-state index is 12.5. The van der Waals surface area contributed by atoms with Gasteiger partial charge in [-0.25, -0.2) is 9.59 Å². The van der Waals surface area contributed by atoms with Gasteiger partial charge in [-0.2, -0.15) is 0 Å². The fraction of sp³-hybridized carbons (Fsp3) is 0.667. The standard InChI is InChI=1S/C30H47NO10/c1-8-19(5)15-38-29(35)40-23-12-11-22(14-24(23)41-30(36)39-16-20(6)9-2)26(27(31)28(33)34)21(7)17-37-25(32)13-10-18(3)4/h11-12,14,18-21,26-27H,8-10,13,15-17,31H2,1-7H3,(H,33,34)/t19?,20?,21?,26?,27-/m0/s1. The second kappa shape index (κ2) is 18.2. The number of carboxylic acids is 1. The summed E-state index contributed by atoms with van der Waals surface area (Å²) in [5.74, 6) is -2.79. The molecule has 0 spiro atoms. The van der Waals surface area contributed by atoms with E-state index in [1.165, 1.54) is 18.2 Å². The zero-order valence-electron chi connectivity index (χ0n) is 25.3. The van der Waals surface area contributed by atoms with E-state index < -0.39 is 36.2 Å². The van der Waals surface area contributed by atoms with Crippen LogP contribution < -0.4 is 15.2 Å². The lowest BCUT2D eigenvalue weighted by Gasteiger charge is -2.28. The van der Waals surface area contributed by atoms with Crippen LogP contribution in [-0.2, 0) is 23.8 Å². The summed E-state index contributed by atoms with van der Waals surface area (Å²) in [5, 5.41) is 9.72. The van der Waals surface area contributed by atoms with Gasteiger partial charge in [0.1, 0.15) is 6.04 Å². The van der Waals surface area contributed by atoms with Crippen molar-refractivity contribution in [3.63, 3.8) is 0 Å². The number of nitrogens with two attached hydrogens (primary N) is 1. The zero-order chi connectivity index (χ0) is 31.1. The highest BCUT2D eigenvalue weighted by Crippen LogP contribution is 2.36. The van der Waals surface area contributed by atoms with Crippen molar-refractivity contribution in [1.82, 2.24) is 0 Å². The Bertz CT molecular complexity index is 995. The normalized spacial score (nSPS) is 14.8. The largest absolute Gasteiger partial charge is 0.513 e.